The highest BCUT2D eigenvalue weighted by molar-refractivity contribution is 6.22. The first-order valence-electron chi connectivity index (χ1n) is 4.72. The van der Waals surface area contributed by atoms with E-state index in [4.69, 9.17) is 11.6 Å². The van der Waals surface area contributed by atoms with Crippen LogP contribution in [-0.2, 0) is 0 Å². The molecule has 0 aliphatic heterocycles. The third-order valence-electron chi connectivity index (χ3n) is 2.23. The SMILES string of the molecule is Fc1cccc([C@H](Cl)c2ccccc2)c1. The zero-order valence-corrected chi connectivity index (χ0v) is 8.79. The number of hydrogen-bond acceptors (Lipinski definition) is 0. The van der Waals surface area contributed by atoms with E-state index in [0.29, 0.717) is 0 Å². The largest absolute Gasteiger partial charge is 0.207 e. The number of alkyl halides is 1. The maximum Gasteiger partial charge on any atom is 0.123 e. The van der Waals surface area contributed by atoms with E-state index in [-0.39, 0.29) is 11.2 Å². The Morgan fingerprint density at radius 3 is 2.20 bits per heavy atom. The zero-order chi connectivity index (χ0) is 10.7. The van der Waals surface area contributed by atoms with E-state index in [1.165, 1.54) is 12.1 Å². The van der Waals surface area contributed by atoms with Crippen LogP contribution in [0.5, 0.6) is 0 Å². The molecule has 0 unspecified atom stereocenters. The molecule has 0 heterocycles. The molecular formula is C13H10ClF. The molecule has 1 atom stereocenters. The molecule has 15 heavy (non-hydrogen) atoms. The number of rotatable bonds is 2. The van der Waals surface area contributed by atoms with Crippen molar-refractivity contribution in [3.63, 3.8) is 0 Å². The van der Waals surface area contributed by atoms with Gasteiger partial charge >= 0.3 is 0 Å². The fraction of sp³-hybridized carbons (Fsp3) is 0.0769. The molecule has 2 rings (SSSR count). The second-order valence-corrected chi connectivity index (χ2v) is 3.76. The highest BCUT2D eigenvalue weighted by atomic mass is 35.5. The summed E-state index contributed by atoms with van der Waals surface area (Å²) in [5.41, 5.74) is 1.76. The van der Waals surface area contributed by atoms with Crippen LogP contribution >= 0.6 is 11.6 Å². The van der Waals surface area contributed by atoms with Gasteiger partial charge in [0.15, 0.2) is 0 Å². The van der Waals surface area contributed by atoms with E-state index in [1.54, 1.807) is 6.07 Å². The standard InChI is InChI=1S/C13H10ClF/c14-13(10-5-2-1-3-6-10)11-7-4-8-12(15)9-11/h1-9,13H/t13-/m1/s1. The molecule has 0 radical (unpaired) electrons. The zero-order valence-electron chi connectivity index (χ0n) is 8.03. The van der Waals surface area contributed by atoms with Gasteiger partial charge in [-0.25, -0.2) is 4.39 Å². The van der Waals surface area contributed by atoms with Crippen molar-refractivity contribution in [3.8, 4) is 0 Å². The van der Waals surface area contributed by atoms with Gasteiger partial charge < -0.3 is 0 Å². The summed E-state index contributed by atoms with van der Waals surface area (Å²) < 4.78 is 13.0. The normalized spacial score (nSPS) is 12.4. The summed E-state index contributed by atoms with van der Waals surface area (Å²) in [4.78, 5) is 0. The molecule has 0 aromatic heterocycles. The minimum Gasteiger partial charge on any atom is -0.207 e. The van der Waals surface area contributed by atoms with Gasteiger partial charge in [-0.05, 0) is 23.3 Å². The third kappa shape index (κ3) is 2.37. The molecule has 0 nitrogen and oxygen atoms in total. The maximum atomic E-state index is 13.0. The third-order valence-corrected chi connectivity index (χ3v) is 2.74. The van der Waals surface area contributed by atoms with E-state index in [0.717, 1.165) is 11.1 Å². The Balaban J connectivity index is 2.32. The molecule has 2 aromatic rings. The molecule has 0 N–H and O–H groups in total. The lowest BCUT2D eigenvalue weighted by molar-refractivity contribution is 0.626. The van der Waals surface area contributed by atoms with E-state index >= 15 is 0 Å². The number of halogens is 2. The first-order chi connectivity index (χ1) is 7.27. The summed E-state index contributed by atoms with van der Waals surface area (Å²) in [5, 5.41) is -0.290. The van der Waals surface area contributed by atoms with Gasteiger partial charge in [-0.2, -0.15) is 0 Å². The van der Waals surface area contributed by atoms with Crippen molar-refractivity contribution in [2.45, 2.75) is 5.38 Å². The van der Waals surface area contributed by atoms with Crippen LogP contribution in [0.15, 0.2) is 54.6 Å². The Morgan fingerprint density at radius 2 is 1.53 bits per heavy atom. The van der Waals surface area contributed by atoms with Crippen molar-refractivity contribution >= 4 is 11.6 Å². The Labute approximate surface area is 93.3 Å². The molecule has 0 amide bonds. The van der Waals surface area contributed by atoms with Gasteiger partial charge in [-0.15, -0.1) is 11.6 Å². The quantitative estimate of drug-likeness (QED) is 0.667. The molecule has 0 aliphatic carbocycles. The predicted octanol–water partition coefficient (Wildman–Crippen LogP) is 4.15. The number of benzene rings is 2. The summed E-state index contributed by atoms with van der Waals surface area (Å²) in [6.45, 7) is 0. The summed E-state index contributed by atoms with van der Waals surface area (Å²) in [5.74, 6) is -0.255. The second-order valence-electron chi connectivity index (χ2n) is 3.33. The topological polar surface area (TPSA) is 0 Å². The lowest BCUT2D eigenvalue weighted by Crippen LogP contribution is -1.93. The molecule has 2 heteroatoms. The minimum absolute atomic E-state index is 0.255. The summed E-state index contributed by atoms with van der Waals surface area (Å²) in [6, 6.07) is 16.0. The molecule has 0 spiro atoms. The Kier molecular flexibility index (Phi) is 3.02. The molecule has 0 saturated carbocycles. The average Bonchev–Trinajstić information content (AvgIpc) is 2.29. The van der Waals surface area contributed by atoms with Crippen LogP contribution in [-0.4, -0.2) is 0 Å². The van der Waals surface area contributed by atoms with Gasteiger partial charge in [0.2, 0.25) is 0 Å². The van der Waals surface area contributed by atoms with Crippen molar-refractivity contribution in [2.75, 3.05) is 0 Å². The van der Waals surface area contributed by atoms with Crippen LogP contribution in [0.2, 0.25) is 0 Å². The summed E-state index contributed by atoms with van der Waals surface area (Å²) in [6.07, 6.45) is 0. The monoisotopic (exact) mass is 220 g/mol. The molecule has 0 saturated heterocycles. The lowest BCUT2D eigenvalue weighted by atomic mass is 10.0. The van der Waals surface area contributed by atoms with Crippen molar-refractivity contribution in [3.05, 3.63) is 71.5 Å². The Hall–Kier alpha value is -1.34. The fourth-order valence-corrected chi connectivity index (χ4v) is 1.76. The van der Waals surface area contributed by atoms with Crippen LogP contribution in [0.3, 0.4) is 0 Å². The van der Waals surface area contributed by atoms with E-state index in [9.17, 15) is 4.39 Å². The van der Waals surface area contributed by atoms with Gasteiger partial charge in [0.05, 0.1) is 5.38 Å². The van der Waals surface area contributed by atoms with E-state index in [1.807, 2.05) is 36.4 Å². The van der Waals surface area contributed by atoms with Crippen molar-refractivity contribution in [2.24, 2.45) is 0 Å². The molecule has 0 aliphatic rings. The average molecular weight is 221 g/mol. The van der Waals surface area contributed by atoms with E-state index < -0.39 is 0 Å². The van der Waals surface area contributed by atoms with Gasteiger partial charge in [-0.3, -0.25) is 0 Å². The van der Waals surface area contributed by atoms with Gasteiger partial charge in [0.1, 0.15) is 5.82 Å². The van der Waals surface area contributed by atoms with Gasteiger partial charge in [0, 0.05) is 0 Å². The highest BCUT2D eigenvalue weighted by Gasteiger charge is 2.10. The second kappa shape index (κ2) is 4.45. The minimum atomic E-state index is -0.290. The summed E-state index contributed by atoms with van der Waals surface area (Å²) >= 11 is 6.24. The van der Waals surface area contributed by atoms with Crippen LogP contribution in [0.25, 0.3) is 0 Å². The number of hydrogen-bond donors (Lipinski definition) is 0. The molecular weight excluding hydrogens is 211 g/mol. The highest BCUT2D eigenvalue weighted by Crippen LogP contribution is 2.28. The fourth-order valence-electron chi connectivity index (χ4n) is 1.48. The van der Waals surface area contributed by atoms with E-state index in [2.05, 4.69) is 0 Å². The van der Waals surface area contributed by atoms with Crippen molar-refractivity contribution < 1.29 is 4.39 Å². The maximum absolute atomic E-state index is 13.0. The van der Waals surface area contributed by atoms with Gasteiger partial charge in [-0.1, -0.05) is 42.5 Å². The molecule has 0 fully saturated rings. The van der Waals surface area contributed by atoms with Crippen molar-refractivity contribution in [1.29, 1.82) is 0 Å². The molecule has 0 bridgehead atoms. The summed E-state index contributed by atoms with van der Waals surface area (Å²) in [7, 11) is 0. The Bertz CT molecular complexity index is 439. The van der Waals surface area contributed by atoms with Crippen LogP contribution < -0.4 is 0 Å². The first kappa shape index (κ1) is 10.2. The van der Waals surface area contributed by atoms with Crippen LogP contribution in [0.1, 0.15) is 16.5 Å². The lowest BCUT2D eigenvalue weighted by Gasteiger charge is -2.09. The van der Waals surface area contributed by atoms with Crippen LogP contribution in [0.4, 0.5) is 4.39 Å². The van der Waals surface area contributed by atoms with Crippen molar-refractivity contribution in [1.82, 2.24) is 0 Å². The molecule has 76 valence electrons. The van der Waals surface area contributed by atoms with Crippen LogP contribution in [0, 0.1) is 5.82 Å². The van der Waals surface area contributed by atoms with Gasteiger partial charge in [0.25, 0.3) is 0 Å². The predicted molar refractivity (Wildman–Crippen MR) is 60.5 cm³/mol. The Morgan fingerprint density at radius 1 is 0.867 bits per heavy atom. The first-order valence-corrected chi connectivity index (χ1v) is 5.15. The smallest absolute Gasteiger partial charge is 0.123 e. The molecule has 2 aromatic carbocycles.